The summed E-state index contributed by atoms with van der Waals surface area (Å²) in [6.45, 7) is 2.59. The number of para-hydroxylation sites is 1. The molecule has 3 rings (SSSR count). The summed E-state index contributed by atoms with van der Waals surface area (Å²) in [7, 11) is 0. The van der Waals surface area contributed by atoms with Crippen LogP contribution in [0.1, 0.15) is 5.56 Å². The number of piperazine rings is 1. The third-order valence-corrected chi connectivity index (χ3v) is 4.35. The molecule has 24 heavy (non-hydrogen) atoms. The fourth-order valence-corrected chi connectivity index (χ4v) is 2.87. The van der Waals surface area contributed by atoms with E-state index in [1.807, 2.05) is 41.3 Å². The SMILES string of the molecule is O=C(OCc1ccccc1)N1CCN(c2cccc(Cl)c2O)CC1. The van der Waals surface area contributed by atoms with Crippen molar-refractivity contribution < 1.29 is 14.6 Å². The van der Waals surface area contributed by atoms with Gasteiger partial charge in [-0.25, -0.2) is 4.79 Å². The average Bonchev–Trinajstić information content (AvgIpc) is 2.63. The summed E-state index contributed by atoms with van der Waals surface area (Å²) in [6, 6.07) is 14.9. The van der Waals surface area contributed by atoms with Crippen molar-refractivity contribution in [1.82, 2.24) is 4.90 Å². The quantitative estimate of drug-likeness (QED) is 0.924. The van der Waals surface area contributed by atoms with Crippen molar-refractivity contribution >= 4 is 23.4 Å². The maximum absolute atomic E-state index is 12.2. The molecule has 126 valence electrons. The van der Waals surface area contributed by atoms with Crippen molar-refractivity contribution in [3.63, 3.8) is 0 Å². The van der Waals surface area contributed by atoms with Gasteiger partial charge in [0.2, 0.25) is 0 Å². The highest BCUT2D eigenvalue weighted by atomic mass is 35.5. The molecule has 1 aliphatic rings. The first-order valence-electron chi connectivity index (χ1n) is 7.83. The molecule has 1 heterocycles. The van der Waals surface area contributed by atoms with E-state index >= 15 is 0 Å². The number of phenolic OH excluding ortho intramolecular Hbond substituents is 1. The number of hydrogen-bond donors (Lipinski definition) is 1. The number of carbonyl (C=O) groups excluding carboxylic acids is 1. The maximum Gasteiger partial charge on any atom is 0.410 e. The lowest BCUT2D eigenvalue weighted by atomic mass is 10.2. The molecule has 1 saturated heterocycles. The first-order valence-corrected chi connectivity index (χ1v) is 8.21. The van der Waals surface area contributed by atoms with Gasteiger partial charge in [-0.1, -0.05) is 48.0 Å². The van der Waals surface area contributed by atoms with Gasteiger partial charge in [-0.15, -0.1) is 0 Å². The van der Waals surface area contributed by atoms with Crippen LogP contribution in [0.3, 0.4) is 0 Å². The molecular weight excluding hydrogens is 328 g/mol. The number of carbonyl (C=O) groups is 1. The van der Waals surface area contributed by atoms with E-state index < -0.39 is 0 Å². The molecule has 0 aliphatic carbocycles. The van der Waals surface area contributed by atoms with Gasteiger partial charge in [-0.2, -0.15) is 0 Å². The van der Waals surface area contributed by atoms with Gasteiger partial charge in [0, 0.05) is 26.2 Å². The number of amides is 1. The lowest BCUT2D eigenvalue weighted by Gasteiger charge is -2.35. The molecule has 0 saturated carbocycles. The Morgan fingerprint density at radius 2 is 1.75 bits per heavy atom. The van der Waals surface area contributed by atoms with E-state index in [2.05, 4.69) is 0 Å². The Morgan fingerprint density at radius 3 is 2.46 bits per heavy atom. The highest BCUT2D eigenvalue weighted by Crippen LogP contribution is 2.34. The third kappa shape index (κ3) is 3.74. The first-order chi connectivity index (χ1) is 11.6. The highest BCUT2D eigenvalue weighted by molar-refractivity contribution is 6.32. The van der Waals surface area contributed by atoms with E-state index in [4.69, 9.17) is 16.3 Å². The molecule has 5 nitrogen and oxygen atoms in total. The molecule has 0 radical (unpaired) electrons. The van der Waals surface area contributed by atoms with Gasteiger partial charge in [-0.3, -0.25) is 0 Å². The topological polar surface area (TPSA) is 53.0 Å². The Kier molecular flexibility index (Phi) is 5.11. The van der Waals surface area contributed by atoms with Crippen molar-refractivity contribution in [2.24, 2.45) is 0 Å². The number of benzene rings is 2. The van der Waals surface area contributed by atoms with Crippen LogP contribution in [0.4, 0.5) is 10.5 Å². The molecule has 0 bridgehead atoms. The molecule has 2 aromatic carbocycles. The van der Waals surface area contributed by atoms with Crippen LogP contribution >= 0.6 is 11.6 Å². The maximum atomic E-state index is 12.2. The summed E-state index contributed by atoms with van der Waals surface area (Å²) in [5, 5.41) is 10.4. The molecule has 0 unspecified atom stereocenters. The molecule has 1 amide bonds. The van der Waals surface area contributed by atoms with Crippen LogP contribution in [0.2, 0.25) is 5.02 Å². The zero-order chi connectivity index (χ0) is 16.9. The number of hydrogen-bond acceptors (Lipinski definition) is 4. The minimum Gasteiger partial charge on any atom is -0.504 e. The second-order valence-electron chi connectivity index (χ2n) is 5.62. The van der Waals surface area contributed by atoms with E-state index in [0.29, 0.717) is 36.9 Å². The smallest absolute Gasteiger partial charge is 0.410 e. The number of aromatic hydroxyl groups is 1. The largest absolute Gasteiger partial charge is 0.504 e. The van der Waals surface area contributed by atoms with Gasteiger partial charge >= 0.3 is 6.09 Å². The van der Waals surface area contributed by atoms with Crippen LogP contribution in [0.5, 0.6) is 5.75 Å². The Morgan fingerprint density at radius 1 is 1.04 bits per heavy atom. The first kappa shape index (κ1) is 16.5. The Bertz CT molecular complexity index is 701. The van der Waals surface area contributed by atoms with Crippen LogP contribution in [0, 0.1) is 0 Å². The van der Waals surface area contributed by atoms with Crippen LogP contribution < -0.4 is 4.90 Å². The van der Waals surface area contributed by atoms with Crippen molar-refractivity contribution in [1.29, 1.82) is 0 Å². The predicted octanol–water partition coefficient (Wildman–Crippen LogP) is 3.50. The van der Waals surface area contributed by atoms with Crippen molar-refractivity contribution in [2.75, 3.05) is 31.1 Å². The van der Waals surface area contributed by atoms with Crippen LogP contribution in [-0.4, -0.2) is 42.3 Å². The minimum atomic E-state index is -0.311. The second kappa shape index (κ2) is 7.45. The van der Waals surface area contributed by atoms with Gasteiger partial charge in [-0.05, 0) is 17.7 Å². The summed E-state index contributed by atoms with van der Waals surface area (Å²) in [5.41, 5.74) is 1.66. The zero-order valence-corrected chi connectivity index (χ0v) is 13.9. The third-order valence-electron chi connectivity index (χ3n) is 4.05. The number of rotatable bonds is 3. The van der Waals surface area contributed by atoms with Crippen LogP contribution in [0.15, 0.2) is 48.5 Å². The summed E-state index contributed by atoms with van der Waals surface area (Å²) in [4.78, 5) is 15.8. The van der Waals surface area contributed by atoms with Crippen molar-refractivity contribution in [3.05, 3.63) is 59.1 Å². The Balaban J connectivity index is 1.53. The average molecular weight is 347 g/mol. The summed E-state index contributed by atoms with van der Waals surface area (Å²) >= 11 is 5.95. The van der Waals surface area contributed by atoms with Crippen molar-refractivity contribution in [2.45, 2.75) is 6.61 Å². The highest BCUT2D eigenvalue weighted by Gasteiger charge is 2.24. The van der Waals surface area contributed by atoms with E-state index in [1.165, 1.54) is 0 Å². The molecule has 0 atom stereocenters. The van der Waals surface area contributed by atoms with Gasteiger partial charge < -0.3 is 19.6 Å². The standard InChI is InChI=1S/C18H19ClN2O3/c19-15-7-4-8-16(17(15)22)20-9-11-21(12-10-20)18(23)24-13-14-5-2-1-3-6-14/h1-8,22H,9-13H2. The molecule has 1 aliphatic heterocycles. The summed E-state index contributed by atoms with van der Waals surface area (Å²) < 4.78 is 5.35. The molecule has 0 spiro atoms. The number of phenols is 1. The summed E-state index contributed by atoms with van der Waals surface area (Å²) in [6.07, 6.45) is -0.311. The molecule has 1 N–H and O–H groups in total. The second-order valence-corrected chi connectivity index (χ2v) is 6.03. The van der Waals surface area contributed by atoms with Gasteiger partial charge in [0.15, 0.2) is 5.75 Å². The molecule has 6 heteroatoms. The number of anilines is 1. The van der Waals surface area contributed by atoms with E-state index in [-0.39, 0.29) is 18.4 Å². The zero-order valence-electron chi connectivity index (χ0n) is 13.2. The number of halogens is 1. The fourth-order valence-electron chi connectivity index (χ4n) is 2.70. The molecule has 1 fully saturated rings. The van der Waals surface area contributed by atoms with E-state index in [1.54, 1.807) is 17.0 Å². The normalized spacial score (nSPS) is 14.5. The monoisotopic (exact) mass is 346 g/mol. The predicted molar refractivity (Wildman–Crippen MR) is 93.5 cm³/mol. The van der Waals surface area contributed by atoms with Gasteiger partial charge in [0.1, 0.15) is 6.61 Å². The van der Waals surface area contributed by atoms with Gasteiger partial charge in [0.05, 0.1) is 10.7 Å². The molecule has 0 aromatic heterocycles. The molecule has 2 aromatic rings. The van der Waals surface area contributed by atoms with E-state index in [9.17, 15) is 9.90 Å². The lowest BCUT2D eigenvalue weighted by molar-refractivity contribution is 0.0942. The number of ether oxygens (including phenoxy) is 1. The number of nitrogens with zero attached hydrogens (tertiary/aromatic N) is 2. The van der Waals surface area contributed by atoms with Crippen molar-refractivity contribution in [3.8, 4) is 5.75 Å². The summed E-state index contributed by atoms with van der Waals surface area (Å²) in [5.74, 6) is 0.0827. The van der Waals surface area contributed by atoms with E-state index in [0.717, 1.165) is 5.56 Å². The Hall–Kier alpha value is -2.40. The lowest BCUT2D eigenvalue weighted by Crippen LogP contribution is -2.49. The fraction of sp³-hybridized carbons (Fsp3) is 0.278. The molecular formula is C18H19ClN2O3. The van der Waals surface area contributed by atoms with Crippen LogP contribution in [-0.2, 0) is 11.3 Å². The Labute approximate surface area is 146 Å². The van der Waals surface area contributed by atoms with Gasteiger partial charge in [0.25, 0.3) is 0 Å². The minimum absolute atomic E-state index is 0.0827. The van der Waals surface area contributed by atoms with Crippen LogP contribution in [0.25, 0.3) is 0 Å².